The van der Waals surface area contributed by atoms with Crippen molar-refractivity contribution in [3.05, 3.63) is 90.9 Å². The minimum absolute atomic E-state index is 0.259. The van der Waals surface area contributed by atoms with Gasteiger partial charge in [-0.2, -0.15) is 5.10 Å². The maximum Gasteiger partial charge on any atom is 0.410 e. The lowest BCUT2D eigenvalue weighted by Gasteiger charge is -2.33. The number of likely N-dealkylation sites (tertiary alicyclic amines) is 1. The van der Waals surface area contributed by atoms with Crippen molar-refractivity contribution >= 4 is 17.1 Å². The van der Waals surface area contributed by atoms with Crippen molar-refractivity contribution in [2.75, 3.05) is 13.1 Å². The highest BCUT2D eigenvalue weighted by Gasteiger charge is 2.27. The Labute approximate surface area is 255 Å². The summed E-state index contributed by atoms with van der Waals surface area (Å²) in [5.41, 5.74) is 5.04. The van der Waals surface area contributed by atoms with Gasteiger partial charge in [0.15, 0.2) is 5.65 Å². The van der Waals surface area contributed by atoms with Gasteiger partial charge in [-0.1, -0.05) is 12.1 Å². The highest BCUT2D eigenvalue weighted by Crippen LogP contribution is 2.43. The molecule has 226 valence electrons. The number of carbonyl (C=O) groups excluding carboxylic acids is 1. The van der Waals surface area contributed by atoms with Crippen LogP contribution in [0.2, 0.25) is 0 Å². The average Bonchev–Trinajstić information content (AvgIpc) is 3.42. The second-order valence-electron chi connectivity index (χ2n) is 12.3. The summed E-state index contributed by atoms with van der Waals surface area (Å²) in [7, 11) is 0. The molecule has 0 N–H and O–H groups in total. The maximum absolute atomic E-state index is 14.0. The Hall–Kier alpha value is -4.66. The van der Waals surface area contributed by atoms with Crippen molar-refractivity contribution in [3.8, 4) is 33.5 Å². The zero-order valence-corrected chi connectivity index (χ0v) is 25.1. The number of aromatic nitrogens is 4. The highest BCUT2D eigenvalue weighted by atomic mass is 19.1. The van der Waals surface area contributed by atoms with Gasteiger partial charge in [0.1, 0.15) is 17.2 Å². The fraction of sp³-hybridized carbons (Fsp3) is 0.314. The van der Waals surface area contributed by atoms with E-state index in [9.17, 15) is 13.6 Å². The number of benzene rings is 2. The molecule has 6 rings (SSSR count). The largest absolute Gasteiger partial charge is 0.444 e. The lowest BCUT2D eigenvalue weighted by Crippen LogP contribution is -2.41. The predicted octanol–water partition coefficient (Wildman–Crippen LogP) is 8.14. The number of piperidine rings is 1. The smallest absolute Gasteiger partial charge is 0.410 e. The summed E-state index contributed by atoms with van der Waals surface area (Å²) in [4.78, 5) is 23.7. The van der Waals surface area contributed by atoms with Gasteiger partial charge in [0.05, 0.1) is 11.9 Å². The number of rotatable bonds is 6. The zero-order chi connectivity index (χ0) is 30.8. The van der Waals surface area contributed by atoms with Gasteiger partial charge in [0, 0.05) is 54.1 Å². The molecule has 4 heterocycles. The molecule has 0 bridgehead atoms. The fourth-order valence-electron chi connectivity index (χ4n) is 5.82. The van der Waals surface area contributed by atoms with Gasteiger partial charge in [-0.25, -0.2) is 23.2 Å². The zero-order valence-electron chi connectivity index (χ0n) is 25.1. The predicted molar refractivity (Wildman–Crippen MR) is 167 cm³/mol. The Morgan fingerprint density at radius 3 is 2.07 bits per heavy atom. The van der Waals surface area contributed by atoms with Crippen LogP contribution >= 0.6 is 0 Å². The Morgan fingerprint density at radius 1 is 0.864 bits per heavy atom. The van der Waals surface area contributed by atoms with E-state index in [0.717, 1.165) is 52.5 Å². The first-order chi connectivity index (χ1) is 21.2. The molecule has 1 aliphatic heterocycles. The minimum Gasteiger partial charge on any atom is -0.444 e. The van der Waals surface area contributed by atoms with Gasteiger partial charge in [0.2, 0.25) is 0 Å². The first-order valence-electron chi connectivity index (χ1n) is 15.0. The van der Waals surface area contributed by atoms with E-state index >= 15 is 0 Å². The lowest BCUT2D eigenvalue weighted by molar-refractivity contribution is 0.0179. The van der Waals surface area contributed by atoms with E-state index in [0.29, 0.717) is 36.9 Å². The molecule has 0 saturated carbocycles. The van der Waals surface area contributed by atoms with Crippen molar-refractivity contribution < 1.29 is 18.3 Å². The molecule has 3 aromatic heterocycles. The summed E-state index contributed by atoms with van der Waals surface area (Å²) in [6, 6.07) is 16.6. The molecule has 0 aliphatic carbocycles. The molecule has 0 spiro atoms. The second kappa shape index (κ2) is 12.1. The number of pyridine rings is 2. The summed E-state index contributed by atoms with van der Waals surface area (Å²) >= 11 is 0. The lowest BCUT2D eigenvalue weighted by atomic mass is 9.89. The minimum atomic E-state index is -0.515. The van der Waals surface area contributed by atoms with E-state index in [1.807, 2.05) is 43.8 Å². The second-order valence-corrected chi connectivity index (χ2v) is 12.3. The first-order valence-corrected chi connectivity index (χ1v) is 15.0. The highest BCUT2D eigenvalue weighted by molar-refractivity contribution is 6.06. The SMILES string of the molecule is CC(C)(C)OC(=O)N1CCC(CCn2ncc3c(-c4ccc(F)cc4)c(-c4ccncc4)c(-c4ccc(F)cc4)nc32)CC1. The van der Waals surface area contributed by atoms with Crippen LogP contribution in [0.1, 0.15) is 40.0 Å². The van der Waals surface area contributed by atoms with Gasteiger partial charge in [0.25, 0.3) is 0 Å². The van der Waals surface area contributed by atoms with Gasteiger partial charge in [-0.3, -0.25) is 4.98 Å². The van der Waals surface area contributed by atoms with Crippen LogP contribution in [0.3, 0.4) is 0 Å². The number of ether oxygens (including phenoxy) is 1. The Balaban J connectivity index is 1.37. The van der Waals surface area contributed by atoms with Crippen molar-refractivity contribution in [1.82, 2.24) is 24.6 Å². The maximum atomic E-state index is 14.0. The normalized spacial score (nSPS) is 14.2. The van der Waals surface area contributed by atoms with E-state index in [1.165, 1.54) is 24.3 Å². The molecule has 7 nitrogen and oxygen atoms in total. The molecular weight excluding hydrogens is 560 g/mol. The van der Waals surface area contributed by atoms with Crippen molar-refractivity contribution in [2.45, 2.75) is 52.2 Å². The van der Waals surface area contributed by atoms with E-state index in [4.69, 9.17) is 14.8 Å². The molecule has 44 heavy (non-hydrogen) atoms. The molecule has 1 saturated heterocycles. The monoisotopic (exact) mass is 595 g/mol. The molecule has 0 radical (unpaired) electrons. The van der Waals surface area contributed by atoms with Crippen molar-refractivity contribution in [1.29, 1.82) is 0 Å². The third-order valence-corrected chi connectivity index (χ3v) is 8.02. The Morgan fingerprint density at radius 2 is 1.45 bits per heavy atom. The molecule has 1 fully saturated rings. The Kier molecular flexibility index (Phi) is 8.12. The third kappa shape index (κ3) is 6.32. The molecular formula is C35H35F2N5O2. The number of nitrogens with zero attached hydrogens (tertiary/aromatic N) is 5. The van der Waals surface area contributed by atoms with Crippen LogP contribution in [-0.2, 0) is 11.3 Å². The third-order valence-electron chi connectivity index (χ3n) is 8.02. The van der Waals surface area contributed by atoms with Crippen molar-refractivity contribution in [2.24, 2.45) is 5.92 Å². The molecule has 1 amide bonds. The van der Waals surface area contributed by atoms with Gasteiger partial charge in [-0.05, 0) is 106 Å². The molecule has 2 aromatic carbocycles. The van der Waals surface area contributed by atoms with E-state index in [1.54, 1.807) is 41.6 Å². The summed E-state index contributed by atoms with van der Waals surface area (Å²) < 4.78 is 35.5. The first kappa shape index (κ1) is 29.4. The number of carbonyl (C=O) groups is 1. The van der Waals surface area contributed by atoms with Crippen LogP contribution < -0.4 is 0 Å². The van der Waals surface area contributed by atoms with E-state index < -0.39 is 5.60 Å². The van der Waals surface area contributed by atoms with Crippen LogP contribution in [0.25, 0.3) is 44.5 Å². The summed E-state index contributed by atoms with van der Waals surface area (Å²) in [5, 5.41) is 5.62. The molecule has 1 aliphatic rings. The number of halogens is 2. The van der Waals surface area contributed by atoms with E-state index in [2.05, 4.69) is 4.98 Å². The van der Waals surface area contributed by atoms with Crippen LogP contribution in [0.5, 0.6) is 0 Å². The number of amides is 1. The van der Waals surface area contributed by atoms with Gasteiger partial charge in [-0.15, -0.1) is 0 Å². The number of hydrogen-bond acceptors (Lipinski definition) is 5. The molecule has 9 heteroatoms. The Bertz CT molecular complexity index is 1760. The molecule has 5 aromatic rings. The average molecular weight is 596 g/mol. The van der Waals surface area contributed by atoms with Crippen molar-refractivity contribution in [3.63, 3.8) is 0 Å². The molecule has 0 atom stereocenters. The van der Waals surface area contributed by atoms with Crippen LogP contribution in [-0.4, -0.2) is 49.4 Å². The van der Waals surface area contributed by atoms with Crippen LogP contribution in [0.4, 0.5) is 13.6 Å². The van der Waals surface area contributed by atoms with E-state index in [-0.39, 0.29) is 17.7 Å². The number of aryl methyl sites for hydroxylation is 1. The van der Waals surface area contributed by atoms with Crippen LogP contribution in [0, 0.1) is 17.6 Å². The fourth-order valence-corrected chi connectivity index (χ4v) is 5.82. The van der Waals surface area contributed by atoms with Crippen LogP contribution in [0.15, 0.2) is 79.3 Å². The topological polar surface area (TPSA) is 73.1 Å². The number of fused-ring (bicyclic) bond motifs is 1. The summed E-state index contributed by atoms with van der Waals surface area (Å²) in [6.07, 6.45) is 7.67. The molecule has 0 unspecified atom stereocenters. The van der Waals surface area contributed by atoms with Gasteiger partial charge < -0.3 is 9.64 Å². The standard InChI is InChI=1S/C35H35F2N5O2/c1-35(2,3)44-34(43)41-19-14-23(15-20-41)16-21-42-33-29(22-39-42)30(24-4-8-27(36)9-5-24)31(25-12-17-38-18-13-25)32(40-33)26-6-10-28(37)11-7-26/h4-13,17-18,22-23H,14-16,19-21H2,1-3H3. The quantitative estimate of drug-likeness (QED) is 0.198. The number of hydrogen-bond donors (Lipinski definition) is 0. The summed E-state index contributed by atoms with van der Waals surface area (Å²) in [6.45, 7) is 7.61. The van der Waals surface area contributed by atoms with Gasteiger partial charge >= 0.3 is 6.09 Å². The summed E-state index contributed by atoms with van der Waals surface area (Å²) in [5.74, 6) is -0.226.